The van der Waals surface area contributed by atoms with E-state index < -0.39 is 0 Å². The van der Waals surface area contributed by atoms with E-state index in [0.29, 0.717) is 5.92 Å². The average Bonchev–Trinajstić information content (AvgIpc) is 2.79. The van der Waals surface area contributed by atoms with Gasteiger partial charge in [0.15, 0.2) is 0 Å². The highest BCUT2D eigenvalue weighted by Gasteiger charge is 2.33. The molecule has 0 spiro atoms. The van der Waals surface area contributed by atoms with Crippen LogP contribution in [-0.2, 0) is 5.54 Å². The van der Waals surface area contributed by atoms with E-state index in [9.17, 15) is 0 Å². The molecule has 0 aliphatic heterocycles. The molecule has 16 heavy (non-hydrogen) atoms. The van der Waals surface area contributed by atoms with Gasteiger partial charge in [-0.3, -0.25) is 0 Å². The monoisotopic (exact) mass is 217 g/mol. The van der Waals surface area contributed by atoms with Crippen molar-refractivity contribution in [1.82, 2.24) is 5.32 Å². The van der Waals surface area contributed by atoms with Crippen molar-refractivity contribution in [3.63, 3.8) is 0 Å². The van der Waals surface area contributed by atoms with Crippen molar-refractivity contribution < 1.29 is 0 Å². The SMILES string of the molecule is CNC1(c2ccc(C(C)C)cc2)CCCC1. The van der Waals surface area contributed by atoms with Crippen LogP contribution in [0.15, 0.2) is 24.3 Å². The van der Waals surface area contributed by atoms with Gasteiger partial charge in [-0.05, 0) is 36.9 Å². The lowest BCUT2D eigenvalue weighted by molar-refractivity contribution is 0.372. The Labute approximate surface area is 99.3 Å². The minimum absolute atomic E-state index is 0.259. The molecule has 0 amide bonds. The summed E-state index contributed by atoms with van der Waals surface area (Å²) >= 11 is 0. The van der Waals surface area contributed by atoms with Crippen LogP contribution in [0.3, 0.4) is 0 Å². The molecule has 0 bridgehead atoms. The average molecular weight is 217 g/mol. The number of benzene rings is 1. The minimum atomic E-state index is 0.259. The van der Waals surface area contributed by atoms with Crippen LogP contribution in [-0.4, -0.2) is 7.05 Å². The lowest BCUT2D eigenvalue weighted by Gasteiger charge is -2.29. The molecule has 0 aromatic heterocycles. The summed E-state index contributed by atoms with van der Waals surface area (Å²) in [5, 5.41) is 3.54. The van der Waals surface area contributed by atoms with Crippen molar-refractivity contribution >= 4 is 0 Å². The molecule has 1 aromatic rings. The fraction of sp³-hybridized carbons (Fsp3) is 0.600. The minimum Gasteiger partial charge on any atom is -0.310 e. The number of rotatable bonds is 3. The van der Waals surface area contributed by atoms with Crippen LogP contribution in [0.4, 0.5) is 0 Å². The Morgan fingerprint density at radius 1 is 1.06 bits per heavy atom. The summed E-state index contributed by atoms with van der Waals surface area (Å²) in [6.07, 6.45) is 5.27. The Bertz CT molecular complexity index is 331. The van der Waals surface area contributed by atoms with Crippen molar-refractivity contribution in [2.24, 2.45) is 0 Å². The molecule has 0 saturated heterocycles. The molecule has 2 rings (SSSR count). The molecular formula is C15H23N. The van der Waals surface area contributed by atoms with Gasteiger partial charge in [0.25, 0.3) is 0 Å². The van der Waals surface area contributed by atoms with Gasteiger partial charge in [0.1, 0.15) is 0 Å². The number of nitrogens with one attached hydrogen (secondary N) is 1. The van der Waals surface area contributed by atoms with Crippen LogP contribution in [0.2, 0.25) is 0 Å². The Balaban J connectivity index is 2.26. The Morgan fingerprint density at radius 2 is 1.62 bits per heavy atom. The van der Waals surface area contributed by atoms with Gasteiger partial charge in [-0.2, -0.15) is 0 Å². The second-order valence-electron chi connectivity index (χ2n) is 5.32. The van der Waals surface area contributed by atoms with E-state index in [2.05, 4.69) is 50.5 Å². The highest BCUT2D eigenvalue weighted by atomic mass is 14.9. The van der Waals surface area contributed by atoms with Crippen LogP contribution in [0.5, 0.6) is 0 Å². The van der Waals surface area contributed by atoms with Crippen molar-refractivity contribution in [1.29, 1.82) is 0 Å². The van der Waals surface area contributed by atoms with Gasteiger partial charge in [-0.25, -0.2) is 0 Å². The number of hydrogen-bond acceptors (Lipinski definition) is 1. The van der Waals surface area contributed by atoms with Gasteiger partial charge < -0.3 is 5.32 Å². The predicted molar refractivity (Wildman–Crippen MR) is 69.7 cm³/mol. The van der Waals surface area contributed by atoms with E-state index >= 15 is 0 Å². The lowest BCUT2D eigenvalue weighted by Crippen LogP contribution is -2.36. The first-order valence-electron chi connectivity index (χ1n) is 6.47. The molecule has 1 fully saturated rings. The van der Waals surface area contributed by atoms with Crippen LogP contribution in [0.1, 0.15) is 56.6 Å². The summed E-state index contributed by atoms with van der Waals surface area (Å²) in [5.74, 6) is 0.628. The van der Waals surface area contributed by atoms with Crippen LogP contribution in [0.25, 0.3) is 0 Å². The normalized spacial score (nSPS) is 19.2. The first kappa shape index (κ1) is 11.7. The van der Waals surface area contributed by atoms with Crippen molar-refractivity contribution in [2.75, 3.05) is 7.05 Å². The van der Waals surface area contributed by atoms with Gasteiger partial charge in [0.2, 0.25) is 0 Å². The third-order valence-corrected chi connectivity index (χ3v) is 4.07. The van der Waals surface area contributed by atoms with E-state index in [1.54, 1.807) is 0 Å². The first-order chi connectivity index (χ1) is 7.68. The molecule has 0 radical (unpaired) electrons. The standard InChI is InChI=1S/C15H23N/c1-12(2)13-6-8-14(9-7-13)15(16-3)10-4-5-11-15/h6-9,12,16H,4-5,10-11H2,1-3H3. The summed E-state index contributed by atoms with van der Waals surface area (Å²) in [7, 11) is 2.10. The summed E-state index contributed by atoms with van der Waals surface area (Å²) in [4.78, 5) is 0. The van der Waals surface area contributed by atoms with Gasteiger partial charge in [-0.1, -0.05) is 51.0 Å². The zero-order valence-corrected chi connectivity index (χ0v) is 10.7. The van der Waals surface area contributed by atoms with Gasteiger partial charge in [-0.15, -0.1) is 0 Å². The number of hydrogen-bond donors (Lipinski definition) is 1. The molecule has 88 valence electrons. The van der Waals surface area contributed by atoms with Gasteiger partial charge in [0.05, 0.1) is 0 Å². The van der Waals surface area contributed by atoms with Crippen LogP contribution >= 0.6 is 0 Å². The molecule has 1 aliphatic rings. The lowest BCUT2D eigenvalue weighted by atomic mass is 9.87. The Morgan fingerprint density at radius 3 is 2.06 bits per heavy atom. The van der Waals surface area contributed by atoms with E-state index in [0.717, 1.165) is 0 Å². The van der Waals surface area contributed by atoms with E-state index in [1.165, 1.54) is 36.8 Å². The third-order valence-electron chi connectivity index (χ3n) is 4.07. The third kappa shape index (κ3) is 2.01. The van der Waals surface area contributed by atoms with Crippen LogP contribution < -0.4 is 5.32 Å². The van der Waals surface area contributed by atoms with E-state index in [1.807, 2.05) is 0 Å². The zero-order chi connectivity index (χ0) is 11.6. The van der Waals surface area contributed by atoms with E-state index in [4.69, 9.17) is 0 Å². The molecule has 1 N–H and O–H groups in total. The highest BCUT2D eigenvalue weighted by Crippen LogP contribution is 2.38. The molecule has 0 heterocycles. The van der Waals surface area contributed by atoms with Crippen molar-refractivity contribution in [2.45, 2.75) is 51.0 Å². The maximum Gasteiger partial charge on any atom is 0.0432 e. The molecule has 1 aliphatic carbocycles. The fourth-order valence-electron chi connectivity index (χ4n) is 2.85. The molecule has 0 unspecified atom stereocenters. The first-order valence-corrected chi connectivity index (χ1v) is 6.47. The zero-order valence-electron chi connectivity index (χ0n) is 10.7. The van der Waals surface area contributed by atoms with Crippen molar-refractivity contribution in [3.05, 3.63) is 35.4 Å². The molecule has 1 nitrogen and oxygen atoms in total. The highest BCUT2D eigenvalue weighted by molar-refractivity contribution is 5.30. The molecule has 1 saturated carbocycles. The summed E-state index contributed by atoms with van der Waals surface area (Å²) in [6, 6.07) is 9.21. The second-order valence-corrected chi connectivity index (χ2v) is 5.32. The molecule has 0 atom stereocenters. The Kier molecular flexibility index (Phi) is 3.34. The summed E-state index contributed by atoms with van der Waals surface area (Å²) in [6.45, 7) is 4.50. The van der Waals surface area contributed by atoms with Crippen molar-refractivity contribution in [3.8, 4) is 0 Å². The topological polar surface area (TPSA) is 12.0 Å². The molecule has 1 heteroatoms. The van der Waals surface area contributed by atoms with Gasteiger partial charge in [0, 0.05) is 5.54 Å². The molecule has 1 aromatic carbocycles. The fourth-order valence-corrected chi connectivity index (χ4v) is 2.85. The second kappa shape index (κ2) is 4.58. The largest absolute Gasteiger partial charge is 0.310 e. The quantitative estimate of drug-likeness (QED) is 0.812. The Hall–Kier alpha value is -0.820. The van der Waals surface area contributed by atoms with E-state index in [-0.39, 0.29) is 5.54 Å². The maximum atomic E-state index is 3.54. The van der Waals surface area contributed by atoms with Gasteiger partial charge >= 0.3 is 0 Å². The molecular weight excluding hydrogens is 194 g/mol. The maximum absolute atomic E-state index is 3.54. The van der Waals surface area contributed by atoms with Crippen LogP contribution in [0, 0.1) is 0 Å². The predicted octanol–water partition coefficient (Wildman–Crippen LogP) is 3.80. The smallest absolute Gasteiger partial charge is 0.0432 e. The summed E-state index contributed by atoms with van der Waals surface area (Å²) in [5.41, 5.74) is 3.17. The summed E-state index contributed by atoms with van der Waals surface area (Å²) < 4.78 is 0.